The van der Waals surface area contributed by atoms with Crippen molar-refractivity contribution in [2.24, 2.45) is 0 Å². The molecule has 0 aliphatic carbocycles. The molecule has 3 rings (SSSR count). The minimum absolute atomic E-state index is 0.309. The van der Waals surface area contributed by atoms with Crippen molar-refractivity contribution in [3.05, 3.63) is 30.0 Å². The van der Waals surface area contributed by atoms with E-state index < -0.39 is 0 Å². The number of fused-ring (bicyclic) bond motifs is 1. The molecule has 0 saturated carbocycles. The van der Waals surface area contributed by atoms with Crippen molar-refractivity contribution in [3.8, 4) is 5.75 Å². The van der Waals surface area contributed by atoms with Crippen LogP contribution in [0, 0.1) is 0 Å². The van der Waals surface area contributed by atoms with Gasteiger partial charge < -0.3 is 14.8 Å². The molecule has 1 saturated heterocycles. The van der Waals surface area contributed by atoms with Crippen LogP contribution in [0.2, 0.25) is 0 Å². The van der Waals surface area contributed by atoms with Gasteiger partial charge in [0.15, 0.2) is 0 Å². The first-order valence-corrected chi connectivity index (χ1v) is 5.75. The lowest BCUT2D eigenvalue weighted by molar-refractivity contribution is 0.457. The van der Waals surface area contributed by atoms with Gasteiger partial charge in [0.1, 0.15) is 11.3 Å². The summed E-state index contributed by atoms with van der Waals surface area (Å²) in [5, 5.41) is 13.9. The SMILES string of the molecule is Oc1ccc2occ(C3CCNCC3)c2c1. The first-order valence-electron chi connectivity index (χ1n) is 5.75. The van der Waals surface area contributed by atoms with E-state index in [1.54, 1.807) is 12.1 Å². The van der Waals surface area contributed by atoms with Gasteiger partial charge in [0.2, 0.25) is 0 Å². The van der Waals surface area contributed by atoms with Gasteiger partial charge in [-0.15, -0.1) is 0 Å². The second-order valence-electron chi connectivity index (χ2n) is 4.40. The number of phenolic OH excluding ortho intramolecular Hbond substituents is 1. The minimum Gasteiger partial charge on any atom is -0.508 e. The van der Waals surface area contributed by atoms with Gasteiger partial charge in [-0.05, 0) is 50.0 Å². The van der Waals surface area contributed by atoms with Crippen LogP contribution in [0.5, 0.6) is 5.75 Å². The highest BCUT2D eigenvalue weighted by Crippen LogP contribution is 2.34. The van der Waals surface area contributed by atoms with Gasteiger partial charge in [-0.3, -0.25) is 0 Å². The lowest BCUT2D eigenvalue weighted by Crippen LogP contribution is -2.26. The predicted molar refractivity (Wildman–Crippen MR) is 62.7 cm³/mol. The number of phenols is 1. The average Bonchev–Trinajstić information content (AvgIpc) is 2.73. The molecule has 0 radical (unpaired) electrons. The smallest absolute Gasteiger partial charge is 0.134 e. The fourth-order valence-corrected chi connectivity index (χ4v) is 2.49. The van der Waals surface area contributed by atoms with Crippen LogP contribution in [0.1, 0.15) is 24.3 Å². The number of piperidine rings is 1. The first-order chi connectivity index (χ1) is 7.84. The Bertz CT molecular complexity index is 498. The fourth-order valence-electron chi connectivity index (χ4n) is 2.49. The number of hydrogen-bond acceptors (Lipinski definition) is 3. The van der Waals surface area contributed by atoms with E-state index in [2.05, 4.69) is 5.32 Å². The van der Waals surface area contributed by atoms with Gasteiger partial charge in [-0.1, -0.05) is 0 Å². The summed E-state index contributed by atoms with van der Waals surface area (Å²) >= 11 is 0. The first kappa shape index (κ1) is 9.73. The standard InChI is InChI=1S/C13H15NO2/c15-10-1-2-13-11(7-10)12(8-16-13)9-3-5-14-6-4-9/h1-2,7-9,14-15H,3-6H2. The van der Waals surface area contributed by atoms with Crippen molar-refractivity contribution in [2.75, 3.05) is 13.1 Å². The van der Waals surface area contributed by atoms with Crippen LogP contribution in [0.25, 0.3) is 11.0 Å². The predicted octanol–water partition coefficient (Wildman–Crippen LogP) is 2.61. The van der Waals surface area contributed by atoms with Crippen LogP contribution >= 0.6 is 0 Å². The molecule has 2 heterocycles. The monoisotopic (exact) mass is 217 g/mol. The summed E-state index contributed by atoms with van der Waals surface area (Å²) < 4.78 is 5.53. The largest absolute Gasteiger partial charge is 0.508 e. The molecule has 0 spiro atoms. The Morgan fingerprint density at radius 1 is 1.25 bits per heavy atom. The molecule has 2 aromatic rings. The molecule has 1 aliphatic heterocycles. The third-order valence-corrected chi connectivity index (χ3v) is 3.37. The van der Waals surface area contributed by atoms with Crippen LogP contribution in [0.3, 0.4) is 0 Å². The highest BCUT2D eigenvalue weighted by Gasteiger charge is 2.19. The summed E-state index contributed by atoms with van der Waals surface area (Å²) in [5.41, 5.74) is 2.11. The van der Waals surface area contributed by atoms with E-state index in [9.17, 15) is 5.11 Å². The summed E-state index contributed by atoms with van der Waals surface area (Å²) in [4.78, 5) is 0. The summed E-state index contributed by atoms with van der Waals surface area (Å²) in [6.07, 6.45) is 4.13. The molecule has 3 heteroatoms. The van der Waals surface area contributed by atoms with Crippen LogP contribution < -0.4 is 5.32 Å². The van der Waals surface area contributed by atoms with E-state index >= 15 is 0 Å². The molecule has 0 atom stereocenters. The summed E-state index contributed by atoms with van der Waals surface area (Å²) in [5.74, 6) is 0.869. The molecule has 0 amide bonds. The topological polar surface area (TPSA) is 45.4 Å². The number of furan rings is 1. The van der Waals surface area contributed by atoms with E-state index in [0.717, 1.165) is 36.9 Å². The maximum atomic E-state index is 9.52. The van der Waals surface area contributed by atoms with Crippen molar-refractivity contribution in [2.45, 2.75) is 18.8 Å². The summed E-state index contributed by atoms with van der Waals surface area (Å²) in [7, 11) is 0. The zero-order chi connectivity index (χ0) is 11.0. The van der Waals surface area contributed by atoms with E-state index in [-0.39, 0.29) is 0 Å². The van der Waals surface area contributed by atoms with Gasteiger partial charge in [-0.25, -0.2) is 0 Å². The maximum Gasteiger partial charge on any atom is 0.134 e. The van der Waals surface area contributed by atoms with E-state index in [0.29, 0.717) is 11.7 Å². The van der Waals surface area contributed by atoms with Crippen molar-refractivity contribution < 1.29 is 9.52 Å². The molecule has 16 heavy (non-hydrogen) atoms. The van der Waals surface area contributed by atoms with Crippen molar-refractivity contribution in [3.63, 3.8) is 0 Å². The number of aromatic hydroxyl groups is 1. The normalized spacial score (nSPS) is 18.0. The number of rotatable bonds is 1. The average molecular weight is 217 g/mol. The second kappa shape index (κ2) is 3.83. The molecule has 1 aliphatic rings. The number of hydrogen-bond donors (Lipinski definition) is 2. The Morgan fingerprint density at radius 2 is 2.06 bits per heavy atom. The Hall–Kier alpha value is -1.48. The molecule has 3 nitrogen and oxygen atoms in total. The van der Waals surface area contributed by atoms with E-state index in [4.69, 9.17) is 4.42 Å². The van der Waals surface area contributed by atoms with Crippen molar-refractivity contribution in [1.82, 2.24) is 5.32 Å². The zero-order valence-corrected chi connectivity index (χ0v) is 9.07. The third kappa shape index (κ3) is 1.57. The fraction of sp³-hybridized carbons (Fsp3) is 0.385. The third-order valence-electron chi connectivity index (χ3n) is 3.37. The van der Waals surface area contributed by atoms with Gasteiger partial charge in [0.05, 0.1) is 6.26 Å². The molecular formula is C13H15NO2. The second-order valence-corrected chi connectivity index (χ2v) is 4.40. The quantitative estimate of drug-likeness (QED) is 0.771. The summed E-state index contributed by atoms with van der Waals surface area (Å²) in [6, 6.07) is 5.30. The summed E-state index contributed by atoms with van der Waals surface area (Å²) in [6.45, 7) is 2.13. The highest BCUT2D eigenvalue weighted by molar-refractivity contribution is 5.83. The van der Waals surface area contributed by atoms with Crippen molar-refractivity contribution in [1.29, 1.82) is 0 Å². The van der Waals surface area contributed by atoms with Crippen molar-refractivity contribution >= 4 is 11.0 Å². The van der Waals surface area contributed by atoms with Crippen LogP contribution in [-0.2, 0) is 0 Å². The van der Waals surface area contributed by atoms with Gasteiger partial charge in [-0.2, -0.15) is 0 Å². The Labute approximate surface area is 94.1 Å². The molecule has 1 aromatic carbocycles. The van der Waals surface area contributed by atoms with Gasteiger partial charge in [0, 0.05) is 10.9 Å². The minimum atomic E-state index is 0.309. The maximum absolute atomic E-state index is 9.52. The highest BCUT2D eigenvalue weighted by atomic mass is 16.3. The van der Waals surface area contributed by atoms with Crippen LogP contribution in [0.4, 0.5) is 0 Å². The van der Waals surface area contributed by atoms with Crippen LogP contribution in [-0.4, -0.2) is 18.2 Å². The number of nitrogens with one attached hydrogen (secondary N) is 1. The molecule has 0 bridgehead atoms. The van der Waals surface area contributed by atoms with E-state index in [1.807, 2.05) is 12.3 Å². The Morgan fingerprint density at radius 3 is 2.88 bits per heavy atom. The molecule has 2 N–H and O–H groups in total. The Kier molecular flexibility index (Phi) is 2.33. The molecule has 0 unspecified atom stereocenters. The van der Waals surface area contributed by atoms with E-state index in [1.165, 1.54) is 5.56 Å². The van der Waals surface area contributed by atoms with Crippen LogP contribution in [0.15, 0.2) is 28.9 Å². The molecule has 84 valence electrons. The molecule has 1 aromatic heterocycles. The Balaban J connectivity index is 2.05. The molecule has 1 fully saturated rings. The van der Waals surface area contributed by atoms with Gasteiger partial charge in [0.25, 0.3) is 0 Å². The lowest BCUT2D eigenvalue weighted by Gasteiger charge is -2.21. The van der Waals surface area contributed by atoms with Gasteiger partial charge >= 0.3 is 0 Å². The number of benzene rings is 1. The molecular weight excluding hydrogens is 202 g/mol. The zero-order valence-electron chi connectivity index (χ0n) is 9.07. The lowest BCUT2D eigenvalue weighted by atomic mass is 9.90.